The van der Waals surface area contributed by atoms with Gasteiger partial charge in [0.05, 0.1) is 30.4 Å². The minimum absolute atomic E-state index is 0.229. The quantitative estimate of drug-likeness (QED) is 0.0482. The number of aromatic nitrogens is 8. The lowest BCUT2D eigenvalue weighted by Crippen LogP contribution is -2.33. The maximum atomic E-state index is 12.0. The predicted molar refractivity (Wildman–Crippen MR) is 222 cm³/mol. The zero-order valence-corrected chi connectivity index (χ0v) is 32.2. The van der Waals surface area contributed by atoms with E-state index >= 15 is 0 Å². The second-order valence-corrected chi connectivity index (χ2v) is 14.6. The number of carboxylic acids is 1. The average molecular weight is 791 g/mol. The van der Waals surface area contributed by atoms with E-state index in [1.54, 1.807) is 49.1 Å². The average Bonchev–Trinajstić information content (AvgIpc) is 3.92. The van der Waals surface area contributed by atoms with Gasteiger partial charge in [0, 0.05) is 36.4 Å². The van der Waals surface area contributed by atoms with E-state index < -0.39 is 5.97 Å². The van der Waals surface area contributed by atoms with Crippen LogP contribution in [0.4, 0.5) is 29.2 Å². The number of carbonyl (C=O) groups is 2. The Morgan fingerprint density at radius 1 is 0.690 bits per heavy atom. The number of anilines is 5. The van der Waals surface area contributed by atoms with Crippen molar-refractivity contribution in [2.45, 2.75) is 88.4 Å². The highest BCUT2D eigenvalue weighted by atomic mass is 16.5. The number of carboxylic acid groups (broad SMARTS) is 1. The Balaban J connectivity index is 0.000000178. The molecule has 0 radical (unpaired) electrons. The smallest absolute Gasteiger partial charge is 0.338 e. The number of benzene rings is 2. The van der Waals surface area contributed by atoms with E-state index in [9.17, 15) is 9.59 Å². The molecule has 2 aromatic carbocycles. The van der Waals surface area contributed by atoms with E-state index in [0.717, 1.165) is 81.2 Å². The Labute approximate surface area is 334 Å². The molecule has 0 unspecified atom stereocenters. The summed E-state index contributed by atoms with van der Waals surface area (Å²) in [5.41, 5.74) is 16.2. The van der Waals surface area contributed by atoms with E-state index in [-0.39, 0.29) is 17.6 Å². The van der Waals surface area contributed by atoms with Crippen LogP contribution in [0.5, 0.6) is 0 Å². The van der Waals surface area contributed by atoms with E-state index in [0.29, 0.717) is 71.4 Å². The lowest BCUT2D eigenvalue weighted by atomic mass is 9.92. The fourth-order valence-electron chi connectivity index (χ4n) is 7.00. The molecule has 0 aliphatic heterocycles. The van der Waals surface area contributed by atoms with Crippen LogP contribution in [0.15, 0.2) is 67.3 Å². The highest BCUT2D eigenvalue weighted by Crippen LogP contribution is 2.26. The van der Waals surface area contributed by atoms with Gasteiger partial charge in [-0.3, -0.25) is 0 Å². The number of rotatable bonds is 14. The highest BCUT2D eigenvalue weighted by molar-refractivity contribution is 5.90. The monoisotopic (exact) mass is 790 g/mol. The first-order chi connectivity index (χ1) is 28.3. The molecule has 11 N–H and O–H groups in total. The predicted octanol–water partition coefficient (Wildman–Crippen LogP) is 5.56. The number of carbonyl (C=O) groups excluding carboxylic acids is 1. The Bertz CT molecular complexity index is 2250. The summed E-state index contributed by atoms with van der Waals surface area (Å²) in [4.78, 5) is 55.8. The lowest BCUT2D eigenvalue weighted by Gasteiger charge is -2.26. The van der Waals surface area contributed by atoms with Crippen molar-refractivity contribution in [1.82, 2.24) is 39.9 Å². The molecular weight excluding hydrogens is 741 g/mol. The summed E-state index contributed by atoms with van der Waals surface area (Å²) in [6.45, 7) is 1.08. The number of nitrogens with one attached hydrogen (secondary N) is 6. The maximum absolute atomic E-state index is 12.0. The van der Waals surface area contributed by atoms with Crippen LogP contribution < -0.4 is 32.7 Å². The van der Waals surface area contributed by atoms with Crippen LogP contribution in [-0.2, 0) is 4.74 Å². The Morgan fingerprint density at radius 3 is 1.81 bits per heavy atom. The van der Waals surface area contributed by atoms with Crippen LogP contribution in [0.25, 0.3) is 22.3 Å². The Kier molecular flexibility index (Phi) is 13.2. The number of H-pyrrole nitrogens is 2. The van der Waals surface area contributed by atoms with E-state index in [1.165, 1.54) is 0 Å². The molecule has 4 heterocycles. The second kappa shape index (κ2) is 19.2. The standard InChI is InChI=1S/C22H29N7O2.C18H21N7O2/c23-16-8-10-17(11-9-16)27-22-28-19(18-20(29-22)26-14-25-18)24-12-4-5-13-31-21(30)15-6-2-1-3-7-15;19-11-3-7-13(8-4-11)23-18-24-15-14(20-9-21-15)16(25-18)22-12-5-1-10(2-6-12)17(26)27/h1-3,6-7,14,16-17H,4-5,8-13,23H2,(H3,24,25,26,27,28,29);1-2,5-6,9,11,13H,3-4,7-8,19H2,(H,26,27)(H3,20,21,22,23,24,25). The molecule has 0 spiro atoms. The summed E-state index contributed by atoms with van der Waals surface area (Å²) in [6, 6.07) is 16.7. The van der Waals surface area contributed by atoms with Crippen LogP contribution in [0, 0.1) is 0 Å². The highest BCUT2D eigenvalue weighted by Gasteiger charge is 2.22. The van der Waals surface area contributed by atoms with Gasteiger partial charge in [-0.2, -0.15) is 19.9 Å². The van der Waals surface area contributed by atoms with Crippen LogP contribution in [0.2, 0.25) is 0 Å². The van der Waals surface area contributed by atoms with E-state index in [4.69, 9.17) is 21.3 Å². The van der Waals surface area contributed by atoms with Gasteiger partial charge in [0.1, 0.15) is 11.0 Å². The van der Waals surface area contributed by atoms with Crippen LogP contribution >= 0.6 is 0 Å². The number of aromatic amines is 2. The second-order valence-electron chi connectivity index (χ2n) is 14.6. The van der Waals surface area contributed by atoms with E-state index in [2.05, 4.69) is 61.1 Å². The SMILES string of the molecule is NC1CCC(Nc2nc(NCCCCOC(=O)c3ccccc3)c3[nH]cnc3n2)CC1.NC1CCC(Nc2nc(Nc3ccc(C(=O)O)cc3)c3[nH]cnc3n2)CC1. The molecule has 2 saturated carbocycles. The van der Waals surface area contributed by atoms with Gasteiger partial charge in [0.25, 0.3) is 0 Å². The van der Waals surface area contributed by atoms with Crippen molar-refractivity contribution < 1.29 is 19.4 Å². The molecule has 0 amide bonds. The summed E-state index contributed by atoms with van der Waals surface area (Å²) in [7, 11) is 0. The molecule has 6 aromatic rings. The van der Waals surface area contributed by atoms with Crippen molar-refractivity contribution in [2.24, 2.45) is 11.5 Å². The van der Waals surface area contributed by atoms with Gasteiger partial charge >= 0.3 is 11.9 Å². The van der Waals surface area contributed by atoms with Gasteiger partial charge in [-0.15, -0.1) is 0 Å². The number of imidazole rings is 2. The zero-order chi connectivity index (χ0) is 40.3. The van der Waals surface area contributed by atoms with Gasteiger partial charge in [0.15, 0.2) is 22.9 Å². The molecule has 18 heteroatoms. The number of nitrogens with zero attached hydrogens (tertiary/aromatic N) is 6. The minimum Gasteiger partial charge on any atom is -0.478 e. The summed E-state index contributed by atoms with van der Waals surface area (Å²) in [5, 5.41) is 22.4. The van der Waals surface area contributed by atoms with Crippen molar-refractivity contribution in [2.75, 3.05) is 34.4 Å². The van der Waals surface area contributed by atoms with Crippen LogP contribution in [-0.4, -0.2) is 94.2 Å². The molecule has 0 atom stereocenters. The number of hydrogen-bond acceptors (Lipinski definition) is 15. The third-order valence-electron chi connectivity index (χ3n) is 10.3. The first-order valence-corrected chi connectivity index (χ1v) is 19.8. The third-order valence-corrected chi connectivity index (χ3v) is 10.3. The molecule has 2 aliphatic carbocycles. The van der Waals surface area contributed by atoms with Crippen molar-refractivity contribution in [3.8, 4) is 0 Å². The summed E-state index contributed by atoms with van der Waals surface area (Å²) in [6.07, 6.45) is 12.8. The number of fused-ring (bicyclic) bond motifs is 2. The summed E-state index contributed by atoms with van der Waals surface area (Å²) in [5.74, 6) is 1.15. The van der Waals surface area contributed by atoms with Crippen molar-refractivity contribution >= 4 is 63.5 Å². The van der Waals surface area contributed by atoms with Gasteiger partial charge in [-0.1, -0.05) is 18.2 Å². The fourth-order valence-corrected chi connectivity index (χ4v) is 7.00. The molecule has 0 bridgehead atoms. The van der Waals surface area contributed by atoms with Crippen LogP contribution in [0.1, 0.15) is 84.9 Å². The van der Waals surface area contributed by atoms with Crippen molar-refractivity contribution in [3.63, 3.8) is 0 Å². The Morgan fingerprint density at radius 2 is 1.24 bits per heavy atom. The van der Waals surface area contributed by atoms with Crippen molar-refractivity contribution in [1.29, 1.82) is 0 Å². The third kappa shape index (κ3) is 10.7. The molecule has 58 heavy (non-hydrogen) atoms. The number of ether oxygens (including phenoxy) is 1. The first kappa shape index (κ1) is 39.8. The fraction of sp³-hybridized carbons (Fsp3) is 0.400. The summed E-state index contributed by atoms with van der Waals surface area (Å²) >= 11 is 0. The first-order valence-electron chi connectivity index (χ1n) is 19.8. The zero-order valence-electron chi connectivity index (χ0n) is 32.2. The molecular formula is C40H50N14O4. The number of hydrogen-bond donors (Lipinski definition) is 9. The molecule has 2 fully saturated rings. The van der Waals surface area contributed by atoms with Gasteiger partial charge in [-0.25, -0.2) is 19.6 Å². The maximum Gasteiger partial charge on any atom is 0.338 e. The lowest BCUT2D eigenvalue weighted by molar-refractivity contribution is 0.0498. The largest absolute Gasteiger partial charge is 0.478 e. The number of aromatic carboxylic acids is 1. The van der Waals surface area contributed by atoms with Gasteiger partial charge in [0.2, 0.25) is 11.9 Å². The molecule has 18 nitrogen and oxygen atoms in total. The summed E-state index contributed by atoms with van der Waals surface area (Å²) < 4.78 is 5.32. The molecule has 8 rings (SSSR count). The van der Waals surface area contributed by atoms with Gasteiger partial charge in [-0.05, 0) is 101 Å². The molecule has 304 valence electrons. The van der Waals surface area contributed by atoms with E-state index in [1.807, 2.05) is 18.2 Å². The van der Waals surface area contributed by atoms with Gasteiger partial charge < -0.3 is 52.5 Å². The molecule has 2 aliphatic rings. The molecule has 0 saturated heterocycles. The van der Waals surface area contributed by atoms with Crippen LogP contribution in [0.3, 0.4) is 0 Å². The van der Waals surface area contributed by atoms with Crippen molar-refractivity contribution in [3.05, 3.63) is 78.4 Å². The number of nitrogens with two attached hydrogens (primary N) is 2. The topological polar surface area (TPSA) is 273 Å². The normalized spacial score (nSPS) is 19.1. The number of unbranched alkanes of at least 4 members (excludes halogenated alkanes) is 1. The minimum atomic E-state index is -0.960. The number of esters is 1. The Hall–Kier alpha value is -6.40. The molecule has 4 aromatic heterocycles.